The molecule has 1 fully saturated rings. The highest BCUT2D eigenvalue weighted by molar-refractivity contribution is 8.02. The number of ether oxygens (including phenoxy) is 2. The van der Waals surface area contributed by atoms with Crippen LogP contribution in [-0.2, 0) is 36.1 Å². The number of β-lactam (4-membered cyclic amide) rings is 1. The molecule has 19 heteroatoms. The van der Waals surface area contributed by atoms with Crippen LogP contribution >= 0.6 is 46.2 Å². The smallest absolute Gasteiger partial charge is 0.355 e. The normalized spacial score (nSPS) is 15.9. The Morgan fingerprint density at radius 1 is 0.870 bits per heavy atom. The third-order valence-corrected chi connectivity index (χ3v) is 15.9. The van der Waals surface area contributed by atoms with E-state index in [2.05, 4.69) is 15.8 Å². The van der Waals surface area contributed by atoms with E-state index in [1.165, 1.54) is 48.3 Å². The van der Waals surface area contributed by atoms with Gasteiger partial charge >= 0.3 is 5.97 Å². The van der Waals surface area contributed by atoms with Gasteiger partial charge in [0, 0.05) is 28.3 Å². The maximum Gasteiger partial charge on any atom is 0.355 e. The molecule has 2 atom stereocenters. The van der Waals surface area contributed by atoms with E-state index in [0.717, 1.165) is 39.8 Å². The average molecular weight is 1010 g/mol. The predicted molar refractivity (Wildman–Crippen MR) is 262 cm³/mol. The molecular formula is C50H38F3N5O7S4. The van der Waals surface area contributed by atoms with E-state index >= 15 is 0 Å². The van der Waals surface area contributed by atoms with Gasteiger partial charge in [-0.15, -0.1) is 46.2 Å². The first-order valence-corrected chi connectivity index (χ1v) is 24.8. The number of carbonyl (C=O) groups excluding carboxylic acids is 3. The standard InChI is InChI=1S/C50H38F3N5O7S4/c1-63-33-20-18-28(19-21-33)24-65-48(62)43-29(25-66-38-23-37(59)34-22-35(51)39(52)40(53)44(34)69-38)26-67-47-42(46(61)58(43)47)55-45(60)41(57-64-2)36-27-68-49(54-36)56-50(30-12-6-3-7-13-30,31-14-8-4-9-15-31)32-16-10-5-11-17-32/h3-23,27,42,47H,24-26H2,1-2H3,(H,54,56)(H,55,60)/b57-41-/t42?,47-/m1/s1. The second-order valence-electron chi connectivity index (χ2n) is 15.5. The Morgan fingerprint density at radius 3 is 2.12 bits per heavy atom. The Hall–Kier alpha value is -6.93. The zero-order chi connectivity index (χ0) is 48.2. The summed E-state index contributed by atoms with van der Waals surface area (Å²) in [4.78, 5) is 66.5. The van der Waals surface area contributed by atoms with E-state index in [0.29, 0.717) is 28.1 Å². The van der Waals surface area contributed by atoms with Gasteiger partial charge in [-0.3, -0.25) is 19.3 Å². The number of thiazole rings is 1. The first-order valence-electron chi connectivity index (χ1n) is 21.0. The van der Waals surface area contributed by atoms with Crippen molar-refractivity contribution in [1.82, 2.24) is 15.2 Å². The lowest BCUT2D eigenvalue weighted by molar-refractivity contribution is -0.153. The maximum absolute atomic E-state index is 14.8. The van der Waals surface area contributed by atoms with E-state index < -0.39 is 57.6 Å². The second kappa shape index (κ2) is 20.3. The summed E-state index contributed by atoms with van der Waals surface area (Å²) >= 11 is 4.35. The van der Waals surface area contributed by atoms with Gasteiger partial charge in [0.2, 0.25) is 0 Å². The van der Waals surface area contributed by atoms with E-state index in [1.54, 1.807) is 29.6 Å². The molecule has 0 spiro atoms. The molecule has 4 heterocycles. The number of hydrogen-bond donors (Lipinski definition) is 2. The number of nitrogens with zero attached hydrogens (tertiary/aromatic N) is 3. The molecule has 2 aromatic heterocycles. The summed E-state index contributed by atoms with van der Waals surface area (Å²) < 4.78 is 53.9. The van der Waals surface area contributed by atoms with Crippen molar-refractivity contribution >= 4 is 84.9 Å². The van der Waals surface area contributed by atoms with Gasteiger partial charge in [-0.05, 0) is 46.0 Å². The lowest BCUT2D eigenvalue weighted by atomic mass is 9.77. The van der Waals surface area contributed by atoms with Crippen LogP contribution in [0, 0.1) is 17.5 Å². The third-order valence-electron chi connectivity index (χ3n) is 11.3. The van der Waals surface area contributed by atoms with E-state index in [-0.39, 0.29) is 49.5 Å². The molecular weight excluding hydrogens is 968 g/mol. The number of rotatable bonds is 16. The second-order valence-corrected chi connectivity index (χ2v) is 19.7. The Bertz CT molecular complexity index is 3100. The molecule has 0 bridgehead atoms. The molecule has 69 heavy (non-hydrogen) atoms. The highest BCUT2D eigenvalue weighted by atomic mass is 32.2. The minimum absolute atomic E-state index is 0.0329. The number of benzene rings is 5. The number of halogens is 3. The summed E-state index contributed by atoms with van der Waals surface area (Å²) in [6.45, 7) is -0.148. The molecule has 2 aliphatic heterocycles. The number of hydrogen-bond acceptors (Lipinski definition) is 14. The van der Waals surface area contributed by atoms with Crippen LogP contribution in [0.25, 0.3) is 10.1 Å². The minimum atomic E-state index is -1.70. The highest BCUT2D eigenvalue weighted by Gasteiger charge is 2.55. The number of methoxy groups -OCH3 is 1. The number of aromatic nitrogens is 1. The molecule has 7 aromatic rings. The molecule has 0 radical (unpaired) electrons. The van der Waals surface area contributed by atoms with E-state index in [4.69, 9.17) is 19.3 Å². The van der Waals surface area contributed by atoms with Crippen molar-refractivity contribution < 1.29 is 41.9 Å². The van der Waals surface area contributed by atoms with Gasteiger partial charge in [-0.2, -0.15) is 0 Å². The van der Waals surface area contributed by atoms with Gasteiger partial charge in [0.1, 0.15) is 47.8 Å². The van der Waals surface area contributed by atoms with Crippen LogP contribution in [-0.4, -0.2) is 70.5 Å². The minimum Gasteiger partial charge on any atom is -0.497 e. The molecule has 0 saturated carbocycles. The summed E-state index contributed by atoms with van der Waals surface area (Å²) in [6, 6.07) is 37.4. The van der Waals surface area contributed by atoms with Crippen molar-refractivity contribution in [3.63, 3.8) is 0 Å². The maximum atomic E-state index is 14.8. The number of oxime groups is 1. The van der Waals surface area contributed by atoms with Crippen molar-refractivity contribution in [1.29, 1.82) is 0 Å². The van der Waals surface area contributed by atoms with Gasteiger partial charge in [-0.1, -0.05) is 108 Å². The summed E-state index contributed by atoms with van der Waals surface area (Å²) in [5.74, 6) is -6.01. The average Bonchev–Trinajstić information content (AvgIpc) is 3.85. The first-order chi connectivity index (χ1) is 33.5. The van der Waals surface area contributed by atoms with Crippen LogP contribution in [0.3, 0.4) is 0 Å². The fraction of sp³-hybridized carbons (Fsp3) is 0.160. The first kappa shape index (κ1) is 47.1. The number of carbonyl (C=O) groups is 3. The zero-order valence-corrected chi connectivity index (χ0v) is 39.7. The predicted octanol–water partition coefficient (Wildman–Crippen LogP) is 9.09. The van der Waals surface area contributed by atoms with Crippen molar-refractivity contribution in [2.24, 2.45) is 5.16 Å². The number of nitrogens with one attached hydrogen (secondary N) is 2. The molecule has 9 rings (SSSR count). The van der Waals surface area contributed by atoms with Gasteiger partial charge in [0.25, 0.3) is 11.8 Å². The van der Waals surface area contributed by atoms with Crippen LogP contribution in [0.15, 0.2) is 158 Å². The number of anilines is 1. The SMILES string of the molecule is CO/N=C(\C(=O)NC1C(=O)N2C(C(=O)OCc3ccc(OC)cc3)=C(CSc3cc(=O)c4cc(F)c(F)c(F)c4s3)CS[C@H]12)c1csc(NC(c2ccccc2)(c2ccccc2)c2ccccc2)n1. The molecule has 0 aliphatic carbocycles. The van der Waals surface area contributed by atoms with Crippen LogP contribution in [0.5, 0.6) is 5.75 Å². The van der Waals surface area contributed by atoms with Gasteiger partial charge in [0.05, 0.1) is 16.0 Å². The topological polar surface area (TPSA) is 149 Å². The monoisotopic (exact) mass is 1010 g/mol. The van der Waals surface area contributed by atoms with Crippen molar-refractivity contribution in [2.45, 2.75) is 27.8 Å². The van der Waals surface area contributed by atoms with E-state index in [9.17, 15) is 32.3 Å². The van der Waals surface area contributed by atoms with Gasteiger partial charge in [0.15, 0.2) is 33.7 Å². The van der Waals surface area contributed by atoms with Crippen LogP contribution < -0.4 is 20.8 Å². The largest absolute Gasteiger partial charge is 0.497 e. The molecule has 1 saturated heterocycles. The molecule has 1 unspecified atom stereocenters. The third kappa shape index (κ3) is 9.34. The Balaban J connectivity index is 0.970. The summed E-state index contributed by atoms with van der Waals surface area (Å²) in [7, 11) is 2.81. The van der Waals surface area contributed by atoms with Crippen molar-refractivity contribution in [3.8, 4) is 5.75 Å². The highest BCUT2D eigenvalue weighted by Crippen LogP contribution is 2.44. The van der Waals surface area contributed by atoms with Gasteiger partial charge < -0.3 is 24.9 Å². The Labute approximate surface area is 409 Å². The lowest BCUT2D eigenvalue weighted by Crippen LogP contribution is -2.71. The molecule has 2 amide bonds. The number of amides is 2. The number of fused-ring (bicyclic) bond motifs is 2. The molecule has 2 N–H and O–H groups in total. The van der Waals surface area contributed by atoms with Crippen LogP contribution in [0.1, 0.15) is 27.9 Å². The fourth-order valence-electron chi connectivity index (χ4n) is 8.01. The van der Waals surface area contributed by atoms with Crippen molar-refractivity contribution in [3.05, 3.63) is 200 Å². The molecule has 5 aromatic carbocycles. The van der Waals surface area contributed by atoms with Gasteiger partial charge in [-0.25, -0.2) is 22.9 Å². The fourth-order valence-corrected chi connectivity index (χ4v) is 12.5. The summed E-state index contributed by atoms with van der Waals surface area (Å²) in [5, 5.41) is 11.6. The summed E-state index contributed by atoms with van der Waals surface area (Å²) in [5.41, 5.74) is 2.22. The Morgan fingerprint density at radius 2 is 1.51 bits per heavy atom. The Kier molecular flexibility index (Phi) is 13.9. The number of thioether (sulfide) groups is 2. The van der Waals surface area contributed by atoms with E-state index in [1.807, 2.05) is 91.0 Å². The molecule has 2 aliphatic rings. The molecule has 350 valence electrons. The summed E-state index contributed by atoms with van der Waals surface area (Å²) in [6.07, 6.45) is 0. The van der Waals surface area contributed by atoms with Crippen molar-refractivity contribution in [2.75, 3.05) is 31.0 Å². The molecule has 12 nitrogen and oxygen atoms in total. The van der Waals surface area contributed by atoms with Crippen LogP contribution in [0.4, 0.5) is 18.3 Å². The van der Waals surface area contributed by atoms with Crippen LogP contribution in [0.2, 0.25) is 0 Å². The number of esters is 1. The quantitative estimate of drug-likeness (QED) is 0.0182. The lowest BCUT2D eigenvalue weighted by Gasteiger charge is -2.49. The zero-order valence-electron chi connectivity index (χ0n) is 36.4.